The van der Waals surface area contributed by atoms with Gasteiger partial charge in [-0.15, -0.1) is 0 Å². The first kappa shape index (κ1) is 9.73. The maximum absolute atomic E-state index is 10.4. The van der Waals surface area contributed by atoms with Crippen molar-refractivity contribution >= 4 is 5.97 Å². The Balaban J connectivity index is 2.58. The second-order valence-electron chi connectivity index (χ2n) is 2.81. The Hall–Kier alpha value is -1.36. The van der Waals surface area contributed by atoms with Gasteiger partial charge in [0.25, 0.3) is 0 Å². The first-order chi connectivity index (χ1) is 6.13. The van der Waals surface area contributed by atoms with E-state index in [4.69, 9.17) is 10.8 Å². The Bertz CT molecular complexity index is 295. The third-order valence-corrected chi connectivity index (χ3v) is 1.77. The molecule has 13 heavy (non-hydrogen) atoms. The molecule has 0 aliphatic carbocycles. The summed E-state index contributed by atoms with van der Waals surface area (Å²) in [5, 5.41) is 12.7. The number of rotatable bonds is 4. The summed E-state index contributed by atoms with van der Waals surface area (Å²) in [5.41, 5.74) is 6.07. The van der Waals surface area contributed by atoms with Gasteiger partial charge in [-0.1, -0.05) is 0 Å². The molecule has 0 saturated carbocycles. The number of carbonyl (C=O) groups is 1. The minimum absolute atomic E-state index is 0.280. The number of hydrogen-bond donors (Lipinski definition) is 2. The van der Waals surface area contributed by atoms with Crippen molar-refractivity contribution in [1.29, 1.82) is 0 Å². The maximum atomic E-state index is 10.4. The van der Waals surface area contributed by atoms with E-state index < -0.39 is 12.0 Å². The van der Waals surface area contributed by atoms with Crippen LogP contribution in [0.15, 0.2) is 12.3 Å². The molecule has 72 valence electrons. The molecule has 5 heteroatoms. The largest absolute Gasteiger partial charge is 0.480 e. The van der Waals surface area contributed by atoms with Gasteiger partial charge in [-0.05, 0) is 13.0 Å². The summed E-state index contributed by atoms with van der Waals surface area (Å²) < 4.78 is 1.74. The van der Waals surface area contributed by atoms with Crippen molar-refractivity contribution in [2.45, 2.75) is 25.9 Å². The third-order valence-electron chi connectivity index (χ3n) is 1.77. The minimum atomic E-state index is -0.994. The van der Waals surface area contributed by atoms with E-state index >= 15 is 0 Å². The van der Waals surface area contributed by atoms with Gasteiger partial charge in [0, 0.05) is 19.2 Å². The molecule has 1 aromatic heterocycles. The summed E-state index contributed by atoms with van der Waals surface area (Å²) in [6.45, 7) is 2.75. The zero-order valence-corrected chi connectivity index (χ0v) is 7.47. The van der Waals surface area contributed by atoms with Gasteiger partial charge in [-0.2, -0.15) is 5.10 Å². The molecule has 3 N–H and O–H groups in total. The van der Waals surface area contributed by atoms with E-state index in [2.05, 4.69) is 5.10 Å². The standard InChI is InChI=1S/C8H13N3O2/c1-2-11-4-3-6(10-11)5-7(9)8(12)13/h3-4,7H,2,5,9H2,1H3,(H,12,13)/t7-/m0/s1. The molecule has 1 atom stereocenters. The average molecular weight is 183 g/mol. The molecule has 0 unspecified atom stereocenters. The molecule has 0 aliphatic rings. The molecule has 1 rings (SSSR count). The highest BCUT2D eigenvalue weighted by Gasteiger charge is 2.13. The molecular formula is C8H13N3O2. The lowest BCUT2D eigenvalue weighted by Crippen LogP contribution is -2.32. The smallest absolute Gasteiger partial charge is 0.320 e. The molecule has 0 aliphatic heterocycles. The summed E-state index contributed by atoms with van der Waals surface area (Å²) in [6, 6.07) is 0.923. The Morgan fingerprint density at radius 2 is 2.54 bits per heavy atom. The normalized spacial score (nSPS) is 12.8. The second-order valence-corrected chi connectivity index (χ2v) is 2.81. The van der Waals surface area contributed by atoms with Gasteiger partial charge in [0.2, 0.25) is 0 Å². The molecule has 0 spiro atoms. The van der Waals surface area contributed by atoms with Gasteiger partial charge in [-0.25, -0.2) is 0 Å². The van der Waals surface area contributed by atoms with Crippen molar-refractivity contribution in [1.82, 2.24) is 9.78 Å². The molecule has 0 amide bonds. The molecule has 0 radical (unpaired) electrons. The Morgan fingerprint density at radius 3 is 3.00 bits per heavy atom. The van der Waals surface area contributed by atoms with Gasteiger partial charge in [-0.3, -0.25) is 9.48 Å². The molecule has 1 aromatic rings. The number of nitrogens with zero attached hydrogens (tertiary/aromatic N) is 2. The van der Waals surface area contributed by atoms with Crippen LogP contribution in [-0.2, 0) is 17.8 Å². The fourth-order valence-electron chi connectivity index (χ4n) is 1.00. The predicted octanol–water partition coefficient (Wildman–Crippen LogP) is -0.143. The fraction of sp³-hybridized carbons (Fsp3) is 0.500. The van der Waals surface area contributed by atoms with Gasteiger partial charge >= 0.3 is 5.97 Å². The lowest BCUT2D eigenvalue weighted by atomic mass is 10.2. The van der Waals surface area contributed by atoms with Crippen LogP contribution in [0, 0.1) is 0 Å². The number of aliphatic carboxylic acids is 1. The maximum Gasteiger partial charge on any atom is 0.320 e. The summed E-state index contributed by atoms with van der Waals surface area (Å²) in [7, 11) is 0. The first-order valence-corrected chi connectivity index (χ1v) is 4.14. The lowest BCUT2D eigenvalue weighted by Gasteiger charge is -2.02. The Kier molecular flexibility index (Phi) is 3.02. The Morgan fingerprint density at radius 1 is 1.85 bits per heavy atom. The zero-order chi connectivity index (χ0) is 9.84. The molecule has 1 heterocycles. The highest BCUT2D eigenvalue weighted by Crippen LogP contribution is 1.99. The van der Waals surface area contributed by atoms with Gasteiger partial charge in [0.05, 0.1) is 5.69 Å². The van der Waals surface area contributed by atoms with Crippen LogP contribution in [0.1, 0.15) is 12.6 Å². The second kappa shape index (κ2) is 4.04. The van der Waals surface area contributed by atoms with E-state index in [0.29, 0.717) is 0 Å². The fourth-order valence-corrected chi connectivity index (χ4v) is 1.00. The summed E-state index contributed by atoms with van der Waals surface area (Å²) in [6.07, 6.45) is 2.09. The highest BCUT2D eigenvalue weighted by molar-refractivity contribution is 5.73. The monoisotopic (exact) mass is 183 g/mol. The summed E-state index contributed by atoms with van der Waals surface area (Å²) in [4.78, 5) is 10.4. The van der Waals surface area contributed by atoms with E-state index in [-0.39, 0.29) is 6.42 Å². The van der Waals surface area contributed by atoms with E-state index in [9.17, 15) is 4.79 Å². The van der Waals surface area contributed by atoms with Crippen molar-refractivity contribution in [2.24, 2.45) is 5.73 Å². The van der Waals surface area contributed by atoms with Crippen LogP contribution in [0.4, 0.5) is 0 Å². The minimum Gasteiger partial charge on any atom is -0.480 e. The molecule has 0 saturated heterocycles. The van der Waals surface area contributed by atoms with Crippen LogP contribution in [0.5, 0.6) is 0 Å². The van der Waals surface area contributed by atoms with Crippen LogP contribution in [0.2, 0.25) is 0 Å². The summed E-state index contributed by atoms with van der Waals surface area (Å²) >= 11 is 0. The van der Waals surface area contributed by atoms with Gasteiger partial charge in [0.15, 0.2) is 0 Å². The third kappa shape index (κ3) is 2.55. The van der Waals surface area contributed by atoms with Crippen LogP contribution < -0.4 is 5.73 Å². The SMILES string of the molecule is CCn1ccc(C[C@H](N)C(=O)O)n1. The number of aromatic nitrogens is 2. The number of nitrogens with two attached hydrogens (primary N) is 1. The van der Waals surface area contributed by atoms with Crippen LogP contribution in [0.3, 0.4) is 0 Å². The topological polar surface area (TPSA) is 81.1 Å². The zero-order valence-electron chi connectivity index (χ0n) is 7.47. The highest BCUT2D eigenvalue weighted by atomic mass is 16.4. The molecule has 0 bridgehead atoms. The quantitative estimate of drug-likeness (QED) is 0.680. The van der Waals surface area contributed by atoms with Crippen molar-refractivity contribution in [3.8, 4) is 0 Å². The van der Waals surface area contributed by atoms with Crippen molar-refractivity contribution in [3.05, 3.63) is 18.0 Å². The lowest BCUT2D eigenvalue weighted by molar-refractivity contribution is -0.138. The van der Waals surface area contributed by atoms with E-state index in [0.717, 1.165) is 12.2 Å². The van der Waals surface area contributed by atoms with Crippen molar-refractivity contribution in [3.63, 3.8) is 0 Å². The first-order valence-electron chi connectivity index (χ1n) is 4.14. The summed E-state index contributed by atoms with van der Waals surface area (Å²) in [5.74, 6) is -0.994. The van der Waals surface area contributed by atoms with E-state index in [1.165, 1.54) is 0 Å². The van der Waals surface area contributed by atoms with Crippen molar-refractivity contribution < 1.29 is 9.90 Å². The van der Waals surface area contributed by atoms with E-state index in [1.54, 1.807) is 10.7 Å². The van der Waals surface area contributed by atoms with Crippen LogP contribution in [-0.4, -0.2) is 26.9 Å². The van der Waals surface area contributed by atoms with Gasteiger partial charge < -0.3 is 10.8 Å². The molecular weight excluding hydrogens is 170 g/mol. The number of carboxylic acids is 1. The van der Waals surface area contributed by atoms with Crippen LogP contribution in [0.25, 0.3) is 0 Å². The molecule has 0 fully saturated rings. The number of carboxylic acid groups (broad SMARTS) is 1. The van der Waals surface area contributed by atoms with Gasteiger partial charge in [0.1, 0.15) is 6.04 Å². The number of hydrogen-bond acceptors (Lipinski definition) is 3. The number of aryl methyl sites for hydroxylation is 1. The molecule has 5 nitrogen and oxygen atoms in total. The van der Waals surface area contributed by atoms with Crippen molar-refractivity contribution in [2.75, 3.05) is 0 Å². The van der Waals surface area contributed by atoms with Crippen LogP contribution >= 0.6 is 0 Å². The molecule has 0 aromatic carbocycles. The average Bonchev–Trinajstić information content (AvgIpc) is 2.52. The van der Waals surface area contributed by atoms with E-state index in [1.807, 2.05) is 13.1 Å². The Labute approximate surface area is 76.2 Å². The predicted molar refractivity (Wildman–Crippen MR) is 47.2 cm³/mol.